The van der Waals surface area contributed by atoms with Crippen molar-refractivity contribution < 1.29 is 24.2 Å². The summed E-state index contributed by atoms with van der Waals surface area (Å²) in [4.78, 5) is 47.3. The van der Waals surface area contributed by atoms with Gasteiger partial charge in [0.05, 0.1) is 24.0 Å². The third-order valence-electron chi connectivity index (χ3n) is 8.34. The quantitative estimate of drug-likeness (QED) is 0.581. The fourth-order valence-electron chi connectivity index (χ4n) is 6.72. The smallest absolute Gasteiger partial charge is 0.253 e. The lowest BCUT2D eigenvalue weighted by Gasteiger charge is -2.37. The second-order valence-corrected chi connectivity index (χ2v) is 11.1. The summed E-state index contributed by atoms with van der Waals surface area (Å²) >= 11 is 6.08. The summed E-state index contributed by atoms with van der Waals surface area (Å²) in [6, 6.07) is 15.6. The van der Waals surface area contributed by atoms with E-state index in [1.54, 1.807) is 40.1 Å². The van der Waals surface area contributed by atoms with Gasteiger partial charge in [0.2, 0.25) is 11.8 Å². The van der Waals surface area contributed by atoms with Gasteiger partial charge >= 0.3 is 0 Å². The van der Waals surface area contributed by atoms with Crippen LogP contribution in [0.4, 0.5) is 5.69 Å². The number of aliphatic hydroxyl groups excluding tert-OH is 1. The van der Waals surface area contributed by atoms with Crippen molar-refractivity contribution >= 4 is 35.0 Å². The average Bonchev–Trinajstić information content (AvgIpc) is 3.18. The SMILES string of the molecule is C[C@]12C=CCN(Cc3ccccc3)C(=O)[C@H]1[C@H]1C(=O)N(CCO)C3C(=O)N(c4ccc(Cl)cc4)CC=C[C@@]31O2. The van der Waals surface area contributed by atoms with Crippen LogP contribution in [0.15, 0.2) is 78.9 Å². The molecule has 6 rings (SSSR count). The molecule has 9 heteroatoms. The number of β-amino-alcohol motifs (C(OH)–C–C–N with tert-alkyl or cyclic N) is 1. The number of nitrogens with zero attached hydrogens (tertiary/aromatic N) is 3. The van der Waals surface area contributed by atoms with E-state index in [0.717, 1.165) is 5.56 Å². The number of carbonyl (C=O) groups excluding carboxylic acids is 3. The molecule has 0 aromatic heterocycles. The van der Waals surface area contributed by atoms with Gasteiger partial charge in [-0.1, -0.05) is 66.2 Å². The van der Waals surface area contributed by atoms with Gasteiger partial charge in [0.1, 0.15) is 11.6 Å². The van der Waals surface area contributed by atoms with Crippen LogP contribution in [0.3, 0.4) is 0 Å². The molecule has 2 aromatic rings. The number of benzene rings is 2. The standard InChI is InChI=1S/C30H30ClN3O5/c1-29-13-5-15-32(19-20-7-3-2-4-8-20)26(36)23(29)24-27(37)34(17-18-35)25-28(38)33(16-6-14-30(24,25)39-29)22-11-9-21(31)10-12-22/h2-14,23-25,35H,15-19H2,1H3/t23-,24+,25?,29+,30+/m1/s1. The molecular formula is C30H30ClN3O5. The molecule has 4 aliphatic rings. The Labute approximate surface area is 232 Å². The minimum atomic E-state index is -1.36. The first-order chi connectivity index (χ1) is 18.8. The number of amides is 3. The summed E-state index contributed by atoms with van der Waals surface area (Å²) in [6.45, 7) is 2.51. The predicted molar refractivity (Wildman–Crippen MR) is 146 cm³/mol. The lowest BCUT2D eigenvalue weighted by molar-refractivity contribution is -0.149. The maximum atomic E-state index is 14.2. The number of hydrogen-bond donors (Lipinski definition) is 1. The lowest BCUT2D eigenvalue weighted by atomic mass is 9.74. The predicted octanol–water partition coefficient (Wildman–Crippen LogP) is 2.80. The maximum Gasteiger partial charge on any atom is 0.253 e. The Balaban J connectivity index is 1.42. The number of rotatable bonds is 5. The van der Waals surface area contributed by atoms with Crippen molar-refractivity contribution in [1.29, 1.82) is 0 Å². The van der Waals surface area contributed by atoms with E-state index in [2.05, 4.69) is 0 Å². The van der Waals surface area contributed by atoms with Crippen molar-refractivity contribution in [2.75, 3.05) is 31.1 Å². The number of anilines is 1. The highest BCUT2D eigenvalue weighted by molar-refractivity contribution is 6.30. The third-order valence-corrected chi connectivity index (χ3v) is 8.59. The molecule has 8 nitrogen and oxygen atoms in total. The van der Waals surface area contributed by atoms with Crippen molar-refractivity contribution in [3.8, 4) is 0 Å². The number of hydrogen-bond acceptors (Lipinski definition) is 5. The van der Waals surface area contributed by atoms with Crippen molar-refractivity contribution in [2.45, 2.75) is 30.7 Å². The second kappa shape index (κ2) is 9.62. The summed E-state index contributed by atoms with van der Waals surface area (Å²) in [7, 11) is 0. The van der Waals surface area contributed by atoms with E-state index in [1.807, 2.05) is 55.5 Å². The molecule has 0 aliphatic carbocycles. The third kappa shape index (κ3) is 4.01. The summed E-state index contributed by atoms with van der Waals surface area (Å²) in [5.41, 5.74) is -0.835. The first-order valence-corrected chi connectivity index (χ1v) is 13.5. The lowest BCUT2D eigenvalue weighted by Crippen LogP contribution is -2.56. The molecule has 3 amide bonds. The number of likely N-dealkylation sites (tertiary alicyclic amines) is 1. The molecule has 4 aliphatic heterocycles. The Kier molecular flexibility index (Phi) is 6.37. The summed E-state index contributed by atoms with van der Waals surface area (Å²) in [6.07, 6.45) is 7.41. The highest BCUT2D eigenvalue weighted by atomic mass is 35.5. The summed E-state index contributed by atoms with van der Waals surface area (Å²) in [5, 5.41) is 10.4. The molecule has 1 unspecified atom stereocenters. The molecule has 1 N–H and O–H groups in total. The second-order valence-electron chi connectivity index (χ2n) is 10.7. The van der Waals surface area contributed by atoms with E-state index < -0.39 is 29.1 Å². The highest BCUT2D eigenvalue weighted by Gasteiger charge is 2.74. The van der Waals surface area contributed by atoms with Gasteiger partial charge < -0.3 is 24.5 Å². The zero-order chi connectivity index (χ0) is 27.4. The van der Waals surface area contributed by atoms with Crippen LogP contribution in [0.1, 0.15) is 12.5 Å². The minimum Gasteiger partial charge on any atom is -0.395 e. The molecule has 202 valence electrons. The Morgan fingerprint density at radius 2 is 1.64 bits per heavy atom. The number of aliphatic hydroxyl groups is 1. The van der Waals surface area contributed by atoms with Crippen LogP contribution < -0.4 is 4.90 Å². The summed E-state index contributed by atoms with van der Waals surface area (Å²) < 4.78 is 6.78. The fourth-order valence-corrected chi connectivity index (χ4v) is 6.84. The Morgan fingerprint density at radius 3 is 2.36 bits per heavy atom. The first kappa shape index (κ1) is 25.8. The van der Waals surface area contributed by atoms with Crippen molar-refractivity contribution in [3.63, 3.8) is 0 Å². The normalized spacial score (nSPS) is 31.7. The van der Waals surface area contributed by atoms with E-state index in [4.69, 9.17) is 16.3 Å². The maximum absolute atomic E-state index is 14.2. The van der Waals surface area contributed by atoms with Crippen molar-refractivity contribution in [1.82, 2.24) is 9.80 Å². The van der Waals surface area contributed by atoms with Crippen molar-refractivity contribution in [3.05, 3.63) is 89.5 Å². The van der Waals surface area contributed by atoms with Crippen LogP contribution in [-0.2, 0) is 25.7 Å². The van der Waals surface area contributed by atoms with Crippen LogP contribution in [0, 0.1) is 11.8 Å². The van der Waals surface area contributed by atoms with Gasteiger partial charge in [-0.2, -0.15) is 0 Å². The molecule has 1 spiro atoms. The van der Waals surface area contributed by atoms with Gasteiger partial charge in [0, 0.05) is 36.9 Å². The fraction of sp³-hybridized carbons (Fsp3) is 0.367. The van der Waals surface area contributed by atoms with Gasteiger partial charge in [-0.05, 0) is 36.8 Å². The van der Waals surface area contributed by atoms with E-state index in [-0.39, 0.29) is 37.4 Å². The van der Waals surface area contributed by atoms with E-state index in [9.17, 15) is 19.5 Å². The van der Waals surface area contributed by atoms with Gasteiger partial charge in [0.25, 0.3) is 5.91 Å². The van der Waals surface area contributed by atoms with Crippen LogP contribution in [0.25, 0.3) is 0 Å². The topological polar surface area (TPSA) is 90.4 Å². The Bertz CT molecular complexity index is 1360. The minimum absolute atomic E-state index is 0.0413. The van der Waals surface area contributed by atoms with E-state index >= 15 is 0 Å². The van der Waals surface area contributed by atoms with Crippen LogP contribution >= 0.6 is 11.6 Å². The van der Waals surface area contributed by atoms with Gasteiger partial charge in [-0.3, -0.25) is 14.4 Å². The number of fused-ring (bicyclic) bond motifs is 2. The molecule has 0 saturated carbocycles. The zero-order valence-corrected chi connectivity index (χ0v) is 22.3. The Hall–Kier alpha value is -3.46. The van der Waals surface area contributed by atoms with Crippen molar-refractivity contribution in [2.24, 2.45) is 11.8 Å². The summed E-state index contributed by atoms with van der Waals surface area (Å²) in [5.74, 6) is -2.63. The molecule has 5 atom stereocenters. The van der Waals surface area contributed by atoms with Gasteiger partial charge in [-0.25, -0.2) is 0 Å². The molecule has 39 heavy (non-hydrogen) atoms. The molecule has 2 saturated heterocycles. The van der Waals surface area contributed by atoms with Gasteiger partial charge in [-0.15, -0.1) is 0 Å². The van der Waals surface area contributed by atoms with Crippen LogP contribution in [-0.4, -0.2) is 76.1 Å². The van der Waals surface area contributed by atoms with E-state index in [1.165, 1.54) is 4.90 Å². The largest absolute Gasteiger partial charge is 0.395 e. The highest BCUT2D eigenvalue weighted by Crippen LogP contribution is 2.57. The molecule has 2 fully saturated rings. The van der Waals surface area contributed by atoms with Gasteiger partial charge in [0.15, 0.2) is 0 Å². The van der Waals surface area contributed by atoms with E-state index in [0.29, 0.717) is 23.8 Å². The molecule has 2 aromatic carbocycles. The number of carbonyl (C=O) groups is 3. The van der Waals surface area contributed by atoms with Crippen LogP contribution in [0.5, 0.6) is 0 Å². The van der Waals surface area contributed by atoms with Crippen LogP contribution in [0.2, 0.25) is 5.02 Å². The molecule has 0 bridgehead atoms. The molecule has 4 heterocycles. The Morgan fingerprint density at radius 1 is 0.923 bits per heavy atom. The zero-order valence-electron chi connectivity index (χ0n) is 21.6. The average molecular weight is 548 g/mol. The number of halogens is 1. The molecule has 0 radical (unpaired) electrons. The molecular weight excluding hydrogens is 518 g/mol. The number of ether oxygens (including phenoxy) is 1. The first-order valence-electron chi connectivity index (χ1n) is 13.2. The monoisotopic (exact) mass is 547 g/mol.